The van der Waals surface area contributed by atoms with E-state index in [4.69, 9.17) is 10.00 Å². The standard InChI is InChI=1S/C12H8BrN5O3/c1-15-12-16-6-8(13)11(17-12)21-10-3-2-7(5-14)4-9(10)18(19)20/h2-4,6H,1H3,(H,15,16,17). The summed E-state index contributed by atoms with van der Waals surface area (Å²) in [5, 5.41) is 22.6. The topological polar surface area (TPSA) is 114 Å². The van der Waals surface area contributed by atoms with Crippen molar-refractivity contribution in [2.45, 2.75) is 0 Å². The van der Waals surface area contributed by atoms with E-state index in [1.807, 2.05) is 6.07 Å². The maximum atomic E-state index is 11.0. The van der Waals surface area contributed by atoms with Crippen molar-refractivity contribution in [2.24, 2.45) is 0 Å². The fraction of sp³-hybridized carbons (Fsp3) is 0.0833. The third-order valence-electron chi connectivity index (χ3n) is 2.43. The molecule has 0 saturated heterocycles. The van der Waals surface area contributed by atoms with Gasteiger partial charge in [0.25, 0.3) is 0 Å². The highest BCUT2D eigenvalue weighted by Crippen LogP contribution is 2.34. The Morgan fingerprint density at radius 3 is 2.90 bits per heavy atom. The lowest BCUT2D eigenvalue weighted by Gasteiger charge is -2.08. The third-order valence-corrected chi connectivity index (χ3v) is 2.97. The molecule has 106 valence electrons. The van der Waals surface area contributed by atoms with Crippen molar-refractivity contribution in [3.8, 4) is 17.7 Å². The number of benzene rings is 1. The number of nitriles is 1. The molecule has 1 aromatic heterocycles. The van der Waals surface area contributed by atoms with Gasteiger partial charge in [0.15, 0.2) is 0 Å². The summed E-state index contributed by atoms with van der Waals surface area (Å²) in [6.07, 6.45) is 1.46. The first-order valence-corrected chi connectivity index (χ1v) is 6.41. The zero-order valence-corrected chi connectivity index (χ0v) is 12.3. The van der Waals surface area contributed by atoms with Crippen LogP contribution in [0.15, 0.2) is 28.9 Å². The lowest BCUT2D eigenvalue weighted by atomic mass is 10.2. The highest BCUT2D eigenvalue weighted by Gasteiger charge is 2.18. The number of nitro benzene ring substituents is 1. The Morgan fingerprint density at radius 1 is 1.52 bits per heavy atom. The van der Waals surface area contributed by atoms with Crippen LogP contribution in [0.1, 0.15) is 5.56 Å². The molecular formula is C12H8BrN5O3. The molecule has 2 aromatic rings. The second kappa shape index (κ2) is 6.15. The van der Waals surface area contributed by atoms with Crippen molar-refractivity contribution >= 4 is 27.6 Å². The van der Waals surface area contributed by atoms with E-state index in [-0.39, 0.29) is 22.9 Å². The van der Waals surface area contributed by atoms with E-state index in [2.05, 4.69) is 31.2 Å². The van der Waals surface area contributed by atoms with E-state index in [9.17, 15) is 10.1 Å². The molecule has 2 rings (SSSR count). The Labute approximate surface area is 127 Å². The number of rotatable bonds is 4. The number of nitrogens with zero attached hydrogens (tertiary/aromatic N) is 4. The van der Waals surface area contributed by atoms with Crippen LogP contribution in [0, 0.1) is 21.4 Å². The van der Waals surface area contributed by atoms with Gasteiger partial charge in [0.1, 0.15) is 0 Å². The van der Waals surface area contributed by atoms with Gasteiger partial charge in [0, 0.05) is 13.1 Å². The van der Waals surface area contributed by atoms with Gasteiger partial charge in [0.2, 0.25) is 17.6 Å². The van der Waals surface area contributed by atoms with Crippen LogP contribution in [-0.2, 0) is 0 Å². The number of hydrogen-bond acceptors (Lipinski definition) is 7. The van der Waals surface area contributed by atoms with Gasteiger partial charge < -0.3 is 10.1 Å². The molecule has 8 nitrogen and oxygen atoms in total. The molecule has 0 amide bonds. The van der Waals surface area contributed by atoms with Gasteiger partial charge in [0.05, 0.1) is 27.2 Å². The fourth-order valence-electron chi connectivity index (χ4n) is 1.46. The van der Waals surface area contributed by atoms with Gasteiger partial charge in [-0.3, -0.25) is 10.1 Å². The molecule has 21 heavy (non-hydrogen) atoms. The quantitative estimate of drug-likeness (QED) is 0.666. The molecule has 0 atom stereocenters. The van der Waals surface area contributed by atoms with Gasteiger partial charge in [-0.15, -0.1) is 0 Å². The summed E-state index contributed by atoms with van der Waals surface area (Å²) in [5.41, 5.74) is -0.141. The predicted octanol–water partition coefficient (Wildman–Crippen LogP) is 2.85. The Morgan fingerprint density at radius 2 is 2.29 bits per heavy atom. The molecule has 1 aromatic carbocycles. The van der Waals surface area contributed by atoms with Gasteiger partial charge in [-0.05, 0) is 28.1 Å². The Balaban J connectivity index is 2.44. The summed E-state index contributed by atoms with van der Waals surface area (Å²) >= 11 is 3.21. The molecule has 1 N–H and O–H groups in total. The van der Waals surface area contributed by atoms with Crippen molar-refractivity contribution in [1.29, 1.82) is 5.26 Å². The number of ether oxygens (including phenoxy) is 1. The molecule has 0 saturated carbocycles. The maximum Gasteiger partial charge on any atom is 0.312 e. The fourth-order valence-corrected chi connectivity index (χ4v) is 1.74. The van der Waals surface area contributed by atoms with Crippen LogP contribution < -0.4 is 10.1 Å². The van der Waals surface area contributed by atoms with E-state index in [0.29, 0.717) is 10.4 Å². The number of anilines is 1. The monoisotopic (exact) mass is 349 g/mol. The van der Waals surface area contributed by atoms with Crippen molar-refractivity contribution in [1.82, 2.24) is 9.97 Å². The molecule has 0 fully saturated rings. The molecule has 0 aliphatic heterocycles. The SMILES string of the molecule is CNc1ncc(Br)c(Oc2ccc(C#N)cc2[N+](=O)[O-])n1. The van der Waals surface area contributed by atoms with Gasteiger partial charge in [-0.2, -0.15) is 10.2 Å². The summed E-state index contributed by atoms with van der Waals surface area (Å²) < 4.78 is 5.90. The smallest absolute Gasteiger partial charge is 0.312 e. The minimum Gasteiger partial charge on any atom is -0.430 e. The zero-order valence-electron chi connectivity index (χ0n) is 10.7. The maximum absolute atomic E-state index is 11.0. The molecule has 0 spiro atoms. The summed E-state index contributed by atoms with van der Waals surface area (Å²) in [6, 6.07) is 5.76. The average Bonchev–Trinajstić information content (AvgIpc) is 2.49. The van der Waals surface area contributed by atoms with Gasteiger partial charge >= 0.3 is 5.69 Å². The van der Waals surface area contributed by atoms with E-state index >= 15 is 0 Å². The normalized spacial score (nSPS) is 9.76. The summed E-state index contributed by atoms with van der Waals surface area (Å²) in [4.78, 5) is 18.4. The lowest BCUT2D eigenvalue weighted by Crippen LogP contribution is -2.00. The number of halogens is 1. The minimum atomic E-state index is -0.621. The van der Waals surface area contributed by atoms with Crippen molar-refractivity contribution < 1.29 is 9.66 Å². The third kappa shape index (κ3) is 3.24. The van der Waals surface area contributed by atoms with Crippen molar-refractivity contribution in [3.05, 3.63) is 44.5 Å². The van der Waals surface area contributed by atoms with Crippen LogP contribution in [0.25, 0.3) is 0 Å². The van der Waals surface area contributed by atoms with Crippen molar-refractivity contribution in [2.75, 3.05) is 12.4 Å². The highest BCUT2D eigenvalue weighted by atomic mass is 79.9. The molecule has 0 unspecified atom stereocenters. The molecule has 0 radical (unpaired) electrons. The van der Waals surface area contributed by atoms with Crippen LogP contribution in [0.2, 0.25) is 0 Å². The highest BCUT2D eigenvalue weighted by molar-refractivity contribution is 9.10. The first-order valence-electron chi connectivity index (χ1n) is 5.62. The van der Waals surface area contributed by atoms with Crippen molar-refractivity contribution in [3.63, 3.8) is 0 Å². The number of nitrogens with one attached hydrogen (secondary N) is 1. The van der Waals surface area contributed by atoms with Crippen LogP contribution in [-0.4, -0.2) is 21.9 Å². The Kier molecular flexibility index (Phi) is 4.30. The average molecular weight is 350 g/mol. The van der Waals surface area contributed by atoms with E-state index in [0.717, 1.165) is 6.07 Å². The summed E-state index contributed by atoms with van der Waals surface area (Å²) in [5.74, 6) is 0.423. The first kappa shape index (κ1) is 14.7. The first-order chi connectivity index (χ1) is 10.0. The van der Waals surface area contributed by atoms with E-state index < -0.39 is 4.92 Å². The molecule has 9 heteroatoms. The molecule has 1 heterocycles. The van der Waals surface area contributed by atoms with Gasteiger partial charge in [-0.25, -0.2) is 4.98 Å². The number of nitro groups is 1. The van der Waals surface area contributed by atoms with E-state index in [1.54, 1.807) is 7.05 Å². The molecule has 0 aliphatic carbocycles. The summed E-state index contributed by atoms with van der Waals surface area (Å²) in [6.45, 7) is 0. The molecule has 0 bridgehead atoms. The largest absolute Gasteiger partial charge is 0.430 e. The number of aromatic nitrogens is 2. The van der Waals surface area contributed by atoms with Crippen LogP contribution >= 0.6 is 15.9 Å². The second-order valence-corrected chi connectivity index (χ2v) is 4.60. The molecular weight excluding hydrogens is 342 g/mol. The Bertz CT molecular complexity index is 744. The second-order valence-electron chi connectivity index (χ2n) is 3.75. The minimum absolute atomic E-state index is 0.0135. The van der Waals surface area contributed by atoms with Crippen LogP contribution in [0.3, 0.4) is 0 Å². The predicted molar refractivity (Wildman–Crippen MR) is 77.2 cm³/mol. The lowest BCUT2D eigenvalue weighted by molar-refractivity contribution is -0.385. The molecule has 0 aliphatic rings. The van der Waals surface area contributed by atoms with Crippen LogP contribution in [0.5, 0.6) is 11.6 Å². The van der Waals surface area contributed by atoms with E-state index in [1.165, 1.54) is 18.3 Å². The van der Waals surface area contributed by atoms with Gasteiger partial charge in [-0.1, -0.05) is 0 Å². The summed E-state index contributed by atoms with van der Waals surface area (Å²) in [7, 11) is 1.64. The van der Waals surface area contributed by atoms with Crippen LogP contribution in [0.4, 0.5) is 11.6 Å². The Hall–Kier alpha value is -2.73. The zero-order chi connectivity index (χ0) is 15.4. The number of hydrogen-bond donors (Lipinski definition) is 1.